The first kappa shape index (κ1) is 20.3. The molecule has 0 spiro atoms. The molecule has 1 heterocycles. The van der Waals surface area contributed by atoms with E-state index < -0.39 is 17.7 Å². The minimum absolute atomic E-state index is 0.0943. The first-order valence-corrected chi connectivity index (χ1v) is 9.58. The van der Waals surface area contributed by atoms with Crippen molar-refractivity contribution in [1.29, 1.82) is 0 Å². The minimum Gasteiger partial charge on any atom is -0.444 e. The Labute approximate surface area is 157 Å². The van der Waals surface area contributed by atoms with Gasteiger partial charge in [0.2, 0.25) is 5.91 Å². The molecule has 5 nitrogen and oxygen atoms in total. The molecule has 0 aliphatic carbocycles. The Morgan fingerprint density at radius 2 is 1.92 bits per heavy atom. The highest BCUT2D eigenvalue weighted by Gasteiger charge is 2.43. The van der Waals surface area contributed by atoms with Crippen LogP contribution in [0.3, 0.4) is 0 Å². The van der Waals surface area contributed by atoms with Crippen molar-refractivity contribution in [2.24, 2.45) is 5.92 Å². The van der Waals surface area contributed by atoms with Gasteiger partial charge in [-0.2, -0.15) is 0 Å². The van der Waals surface area contributed by atoms with Gasteiger partial charge in [-0.3, -0.25) is 9.69 Å². The average molecular weight is 360 g/mol. The lowest BCUT2D eigenvalue weighted by Gasteiger charge is -2.30. The zero-order valence-corrected chi connectivity index (χ0v) is 16.6. The number of carbonyl (C=O) groups is 2. The van der Waals surface area contributed by atoms with Gasteiger partial charge >= 0.3 is 6.09 Å². The molecule has 2 amide bonds. The third-order valence-corrected chi connectivity index (χ3v) is 4.74. The second-order valence-corrected chi connectivity index (χ2v) is 8.10. The second kappa shape index (κ2) is 8.56. The molecule has 144 valence electrons. The van der Waals surface area contributed by atoms with Crippen molar-refractivity contribution in [2.75, 3.05) is 6.54 Å². The molecule has 1 aliphatic heterocycles. The zero-order chi connectivity index (χ0) is 19.3. The summed E-state index contributed by atoms with van der Waals surface area (Å²) in [5, 5.41) is 3.09. The topological polar surface area (TPSA) is 58.6 Å². The molecule has 0 radical (unpaired) electrons. The van der Waals surface area contributed by atoms with E-state index in [4.69, 9.17) is 4.74 Å². The second-order valence-electron chi connectivity index (χ2n) is 8.10. The molecular formula is C21H32N2O3. The number of likely N-dealkylation sites (tertiary alicyclic amines) is 1. The maximum Gasteiger partial charge on any atom is 0.410 e. The molecule has 1 saturated heterocycles. The van der Waals surface area contributed by atoms with Crippen LogP contribution in [0.4, 0.5) is 4.79 Å². The number of benzene rings is 1. The first-order valence-electron chi connectivity index (χ1n) is 9.58. The van der Waals surface area contributed by atoms with Crippen molar-refractivity contribution >= 4 is 12.0 Å². The number of ether oxygens (including phenoxy) is 1. The number of hydrogen-bond acceptors (Lipinski definition) is 3. The summed E-state index contributed by atoms with van der Waals surface area (Å²) in [6, 6.07) is 9.30. The van der Waals surface area contributed by atoms with E-state index in [0.29, 0.717) is 6.54 Å². The Balaban J connectivity index is 2.13. The summed E-state index contributed by atoms with van der Waals surface area (Å²) in [5.74, 6) is 0.0821. The first-order chi connectivity index (χ1) is 12.2. The number of nitrogens with zero attached hydrogens (tertiary/aromatic N) is 1. The third-order valence-electron chi connectivity index (χ3n) is 4.74. The summed E-state index contributed by atoms with van der Waals surface area (Å²) < 4.78 is 5.53. The van der Waals surface area contributed by atoms with E-state index in [1.807, 2.05) is 58.0 Å². The van der Waals surface area contributed by atoms with Crippen LogP contribution in [0.5, 0.6) is 0 Å². The van der Waals surface area contributed by atoms with Crippen molar-refractivity contribution in [1.82, 2.24) is 10.2 Å². The SMILES string of the molecule is CCC[C@H]1CCN(C(=O)OC(C)(C)C)[C@@H]1C(=O)N[C@@H](C)c1ccccc1. The van der Waals surface area contributed by atoms with Crippen molar-refractivity contribution in [2.45, 2.75) is 71.6 Å². The summed E-state index contributed by atoms with van der Waals surface area (Å²) >= 11 is 0. The van der Waals surface area contributed by atoms with Crippen LogP contribution in [0.2, 0.25) is 0 Å². The summed E-state index contributed by atoms with van der Waals surface area (Å²) in [6.07, 6.45) is 2.36. The van der Waals surface area contributed by atoms with Crippen molar-refractivity contribution < 1.29 is 14.3 Å². The van der Waals surface area contributed by atoms with E-state index in [9.17, 15) is 9.59 Å². The molecule has 1 N–H and O–H groups in total. The van der Waals surface area contributed by atoms with Gasteiger partial charge in [-0.1, -0.05) is 43.7 Å². The Morgan fingerprint density at radius 3 is 2.50 bits per heavy atom. The summed E-state index contributed by atoms with van der Waals surface area (Å²) in [7, 11) is 0. The number of carbonyl (C=O) groups excluding carboxylic acids is 2. The molecular weight excluding hydrogens is 328 g/mol. The molecule has 0 aromatic heterocycles. The predicted octanol–water partition coefficient (Wildman–Crippen LogP) is 4.29. The Hall–Kier alpha value is -2.04. The normalized spacial score (nSPS) is 21.3. The summed E-state index contributed by atoms with van der Waals surface area (Å²) in [5.41, 5.74) is 0.480. The maximum atomic E-state index is 13.0. The molecule has 0 saturated carbocycles. The summed E-state index contributed by atoms with van der Waals surface area (Å²) in [4.78, 5) is 27.2. The quantitative estimate of drug-likeness (QED) is 0.852. The Bertz CT molecular complexity index is 609. The van der Waals surface area contributed by atoms with Gasteiger partial charge in [0.1, 0.15) is 11.6 Å². The summed E-state index contributed by atoms with van der Waals surface area (Å²) in [6.45, 7) is 10.2. The lowest BCUT2D eigenvalue weighted by Crippen LogP contribution is -2.50. The number of rotatable bonds is 5. The van der Waals surface area contributed by atoms with Gasteiger partial charge in [0.25, 0.3) is 0 Å². The predicted molar refractivity (Wildman–Crippen MR) is 103 cm³/mol. The fourth-order valence-corrected chi connectivity index (χ4v) is 3.53. The van der Waals surface area contributed by atoms with Crippen LogP contribution < -0.4 is 5.32 Å². The molecule has 3 atom stereocenters. The lowest BCUT2D eigenvalue weighted by molar-refractivity contribution is -0.127. The van der Waals surface area contributed by atoms with Crippen molar-refractivity contribution in [3.63, 3.8) is 0 Å². The van der Waals surface area contributed by atoms with Gasteiger partial charge in [-0.05, 0) is 52.0 Å². The average Bonchev–Trinajstić information content (AvgIpc) is 2.98. The molecule has 0 bridgehead atoms. The van der Waals surface area contributed by atoms with E-state index >= 15 is 0 Å². The van der Waals surface area contributed by atoms with E-state index in [2.05, 4.69) is 12.2 Å². The molecule has 0 unspecified atom stereocenters. The van der Waals surface area contributed by atoms with Crippen LogP contribution in [0.15, 0.2) is 30.3 Å². The standard InChI is InChI=1S/C21H32N2O3/c1-6-10-17-13-14-23(20(25)26-21(3,4)5)18(17)19(24)22-15(2)16-11-8-7-9-12-16/h7-9,11-12,15,17-18H,6,10,13-14H2,1-5H3,(H,22,24)/t15-,17-,18-/m0/s1. The fraction of sp³-hybridized carbons (Fsp3) is 0.619. The van der Waals surface area contributed by atoms with Gasteiger partial charge in [0.15, 0.2) is 0 Å². The third kappa shape index (κ3) is 5.23. The highest BCUT2D eigenvalue weighted by atomic mass is 16.6. The van der Waals surface area contributed by atoms with Crippen LogP contribution in [0.1, 0.15) is 65.5 Å². The molecule has 5 heteroatoms. The van der Waals surface area contributed by atoms with E-state index in [1.54, 1.807) is 4.90 Å². The largest absolute Gasteiger partial charge is 0.444 e. The smallest absolute Gasteiger partial charge is 0.410 e. The van der Waals surface area contributed by atoms with E-state index in [0.717, 1.165) is 24.8 Å². The zero-order valence-electron chi connectivity index (χ0n) is 16.6. The minimum atomic E-state index is -0.571. The Morgan fingerprint density at radius 1 is 1.27 bits per heavy atom. The lowest BCUT2D eigenvalue weighted by atomic mass is 9.94. The van der Waals surface area contributed by atoms with Gasteiger partial charge in [0, 0.05) is 6.54 Å². The van der Waals surface area contributed by atoms with Crippen LogP contribution >= 0.6 is 0 Å². The van der Waals surface area contributed by atoms with Crippen molar-refractivity contribution in [3.05, 3.63) is 35.9 Å². The van der Waals surface area contributed by atoms with Gasteiger partial charge < -0.3 is 10.1 Å². The molecule has 1 aromatic rings. The van der Waals surface area contributed by atoms with Gasteiger partial charge in [-0.15, -0.1) is 0 Å². The number of nitrogens with one attached hydrogen (secondary N) is 1. The highest BCUT2D eigenvalue weighted by Crippen LogP contribution is 2.30. The van der Waals surface area contributed by atoms with Gasteiger partial charge in [-0.25, -0.2) is 4.79 Å². The highest BCUT2D eigenvalue weighted by molar-refractivity contribution is 5.87. The van der Waals surface area contributed by atoms with Crippen LogP contribution in [0, 0.1) is 5.92 Å². The molecule has 26 heavy (non-hydrogen) atoms. The maximum absolute atomic E-state index is 13.0. The molecule has 2 rings (SSSR count). The number of amides is 2. The van der Waals surface area contributed by atoms with Crippen LogP contribution in [-0.4, -0.2) is 35.1 Å². The molecule has 1 fully saturated rings. The van der Waals surface area contributed by atoms with E-state index in [1.165, 1.54) is 0 Å². The van der Waals surface area contributed by atoms with Crippen LogP contribution in [0.25, 0.3) is 0 Å². The fourth-order valence-electron chi connectivity index (χ4n) is 3.53. The Kier molecular flexibility index (Phi) is 6.68. The van der Waals surface area contributed by atoms with Crippen molar-refractivity contribution in [3.8, 4) is 0 Å². The number of hydrogen-bond donors (Lipinski definition) is 1. The van der Waals surface area contributed by atoms with Crippen LogP contribution in [-0.2, 0) is 9.53 Å². The van der Waals surface area contributed by atoms with Gasteiger partial charge in [0.05, 0.1) is 6.04 Å². The molecule has 1 aliphatic rings. The monoisotopic (exact) mass is 360 g/mol. The molecule has 1 aromatic carbocycles. The van der Waals surface area contributed by atoms with E-state index in [-0.39, 0.29) is 17.9 Å².